The Bertz CT molecular complexity index is 2350. The zero-order chi connectivity index (χ0) is 49.0. The van der Waals surface area contributed by atoms with Crippen molar-refractivity contribution in [2.75, 3.05) is 60.0 Å². The molecule has 17 heteroatoms. The summed E-state index contributed by atoms with van der Waals surface area (Å²) in [6.45, 7) is 23.6. The number of hydrazine groups is 1. The summed E-state index contributed by atoms with van der Waals surface area (Å²) < 4.78 is 13.4. The zero-order valence-electron chi connectivity index (χ0n) is 41.1. The molecule has 0 radical (unpaired) electrons. The number of carbonyl (C=O) groups is 5. The van der Waals surface area contributed by atoms with Gasteiger partial charge in [0.1, 0.15) is 12.1 Å². The topological polar surface area (TPSA) is 172 Å². The number of likely N-dealkylation sites (N-methyl/N-ethyl adjacent to an activating group) is 1. The van der Waals surface area contributed by atoms with E-state index >= 15 is 0 Å². The number of aromatic nitrogens is 3. The maximum atomic E-state index is 14.3. The molecule has 2 aliphatic rings. The Morgan fingerprint density at radius 3 is 2.39 bits per heavy atom. The third-order valence-electron chi connectivity index (χ3n) is 12.4. The van der Waals surface area contributed by atoms with Crippen LogP contribution >= 0.6 is 11.3 Å². The molecule has 1 aromatic carbocycles. The minimum absolute atomic E-state index is 0.144. The Kier molecular flexibility index (Phi) is 18.6. The van der Waals surface area contributed by atoms with Gasteiger partial charge in [-0.2, -0.15) is 0 Å². The van der Waals surface area contributed by atoms with Crippen LogP contribution in [0.25, 0.3) is 33.4 Å². The standard InChI is InChI=1S/C48H65N9O7S.C2H6/c1-10-41(59)54-21-23-55(24-22-54)47(62)53(8)43(31(3)4)45(60)52-37(46(61)57-20-13-12-19-50-57)26-40-51-38(28-65-40)33-16-17-39-35(25-33)36(27-48(6,7)29-64-30-58)44(56(39)11-2)34-15-14-18-49-42(34)32(5)63-9;1-2/h10,14-18,25,28,30-32,37,43,50H,1,11-13,19-24,26-27,29H2,2-9H3,(H,52,60);1-2H3. The molecule has 6 rings (SSSR count). The Morgan fingerprint density at radius 1 is 1.04 bits per heavy atom. The molecular weight excluding hydrogens is 871 g/mol. The van der Waals surface area contributed by atoms with E-state index in [-0.39, 0.29) is 42.9 Å². The first-order chi connectivity index (χ1) is 32.1. The highest BCUT2D eigenvalue weighted by Gasteiger charge is 2.37. The Labute approximate surface area is 400 Å². The number of carbonyl (C=O) groups excluding carboxylic acids is 5. The molecule has 0 spiro atoms. The number of thiazole rings is 1. The van der Waals surface area contributed by atoms with Crippen LogP contribution in [-0.4, -0.2) is 137 Å². The zero-order valence-corrected chi connectivity index (χ0v) is 41.9. The summed E-state index contributed by atoms with van der Waals surface area (Å²) in [5.74, 6) is -1.16. The molecule has 16 nitrogen and oxygen atoms in total. The number of pyridine rings is 1. The fourth-order valence-corrected chi connectivity index (χ4v) is 9.84. The fraction of sp³-hybridized carbons (Fsp3) is 0.540. The number of nitrogens with one attached hydrogen (secondary N) is 2. The van der Waals surface area contributed by atoms with Crippen molar-refractivity contribution in [1.29, 1.82) is 0 Å². The van der Waals surface area contributed by atoms with E-state index in [9.17, 15) is 24.0 Å². The quantitative estimate of drug-likeness (QED) is 0.0792. The van der Waals surface area contributed by atoms with Gasteiger partial charge < -0.3 is 34.1 Å². The average Bonchev–Trinajstić information content (AvgIpc) is 3.94. The number of amides is 5. The van der Waals surface area contributed by atoms with Crippen LogP contribution in [0.1, 0.15) is 90.6 Å². The minimum atomic E-state index is -0.959. The van der Waals surface area contributed by atoms with Gasteiger partial charge in [0.25, 0.3) is 12.4 Å². The van der Waals surface area contributed by atoms with Crippen molar-refractivity contribution in [2.45, 2.75) is 106 Å². The highest BCUT2D eigenvalue weighted by Crippen LogP contribution is 2.42. The summed E-state index contributed by atoms with van der Waals surface area (Å²) in [4.78, 5) is 80.4. The molecule has 364 valence electrons. The third-order valence-corrected chi connectivity index (χ3v) is 13.3. The molecule has 0 bridgehead atoms. The van der Waals surface area contributed by atoms with E-state index in [1.807, 2.05) is 46.1 Å². The van der Waals surface area contributed by atoms with Crippen LogP contribution in [-0.2, 0) is 48.0 Å². The number of benzene rings is 1. The normalized spacial score (nSPS) is 15.6. The summed E-state index contributed by atoms with van der Waals surface area (Å²) in [6, 6.07) is 8.20. The van der Waals surface area contributed by atoms with Gasteiger partial charge in [0.2, 0.25) is 11.8 Å². The van der Waals surface area contributed by atoms with Crippen LogP contribution in [0.2, 0.25) is 0 Å². The van der Waals surface area contributed by atoms with E-state index < -0.39 is 23.4 Å². The van der Waals surface area contributed by atoms with Gasteiger partial charge in [-0.3, -0.25) is 29.2 Å². The van der Waals surface area contributed by atoms with Gasteiger partial charge in [0.15, 0.2) is 0 Å². The lowest BCUT2D eigenvalue weighted by Crippen LogP contribution is -2.61. The highest BCUT2D eigenvalue weighted by atomic mass is 32.1. The van der Waals surface area contributed by atoms with Crippen molar-refractivity contribution in [2.24, 2.45) is 11.3 Å². The van der Waals surface area contributed by atoms with E-state index in [0.717, 1.165) is 57.5 Å². The van der Waals surface area contributed by atoms with Crippen molar-refractivity contribution < 1.29 is 33.4 Å². The molecule has 4 aromatic rings. The minimum Gasteiger partial charge on any atom is -0.467 e. The number of nitrogens with zero attached hydrogens (tertiary/aromatic N) is 7. The van der Waals surface area contributed by atoms with Crippen LogP contribution in [0.4, 0.5) is 4.79 Å². The molecule has 5 heterocycles. The van der Waals surface area contributed by atoms with E-state index in [4.69, 9.17) is 19.4 Å². The lowest BCUT2D eigenvalue weighted by atomic mass is 9.84. The van der Waals surface area contributed by atoms with E-state index in [0.29, 0.717) is 63.7 Å². The first-order valence-corrected chi connectivity index (χ1v) is 24.4. The van der Waals surface area contributed by atoms with Gasteiger partial charge in [-0.15, -0.1) is 11.3 Å². The number of methoxy groups -OCH3 is 1. The molecule has 0 aliphatic carbocycles. The van der Waals surface area contributed by atoms with Crippen LogP contribution in [0, 0.1) is 11.3 Å². The molecule has 3 aromatic heterocycles. The SMILES string of the molecule is C=CC(=O)N1CCN(C(=O)N(C)C(C(=O)NC(Cc2nc(-c3ccc4c(c3)c(CC(C)(C)COC=O)c(-c3cccnc3C(C)OC)n4CC)cs2)C(=O)N2CCCCN2)C(C)C)CC1.CC. The average molecular weight is 942 g/mol. The molecule has 2 fully saturated rings. The number of ether oxygens (including phenoxy) is 2. The Balaban J connectivity index is 0.00000414. The van der Waals surface area contributed by atoms with Gasteiger partial charge in [-0.1, -0.05) is 54.2 Å². The van der Waals surface area contributed by atoms with Crippen molar-refractivity contribution in [3.05, 3.63) is 70.8 Å². The van der Waals surface area contributed by atoms with Crippen molar-refractivity contribution in [3.63, 3.8) is 0 Å². The first kappa shape index (κ1) is 52.3. The van der Waals surface area contributed by atoms with E-state index in [1.54, 1.807) is 35.2 Å². The largest absolute Gasteiger partial charge is 0.467 e. The number of piperazine rings is 1. The Morgan fingerprint density at radius 2 is 1.76 bits per heavy atom. The maximum Gasteiger partial charge on any atom is 0.320 e. The number of hydrogen-bond acceptors (Lipinski definition) is 11. The summed E-state index contributed by atoms with van der Waals surface area (Å²) >= 11 is 1.42. The molecule has 2 saturated heterocycles. The van der Waals surface area contributed by atoms with Gasteiger partial charge in [0, 0.05) is 105 Å². The molecule has 2 aliphatic heterocycles. The monoisotopic (exact) mass is 942 g/mol. The lowest BCUT2D eigenvalue weighted by Gasteiger charge is -2.39. The summed E-state index contributed by atoms with van der Waals surface area (Å²) in [7, 11) is 3.29. The molecule has 3 unspecified atom stereocenters. The van der Waals surface area contributed by atoms with Gasteiger partial charge in [-0.05, 0) is 74.9 Å². The van der Waals surface area contributed by atoms with Crippen LogP contribution in [0.3, 0.4) is 0 Å². The second-order valence-corrected chi connectivity index (χ2v) is 18.9. The fourth-order valence-electron chi connectivity index (χ4n) is 8.99. The van der Waals surface area contributed by atoms with Crippen molar-refractivity contribution >= 4 is 52.5 Å². The maximum absolute atomic E-state index is 14.3. The second-order valence-electron chi connectivity index (χ2n) is 18.0. The van der Waals surface area contributed by atoms with Gasteiger partial charge in [-0.25, -0.2) is 15.2 Å². The number of rotatable bonds is 18. The van der Waals surface area contributed by atoms with Crippen LogP contribution in [0.15, 0.2) is 54.6 Å². The van der Waals surface area contributed by atoms with E-state index in [2.05, 4.69) is 66.9 Å². The molecule has 2 N–H and O–H groups in total. The van der Waals surface area contributed by atoms with Crippen LogP contribution < -0.4 is 10.7 Å². The molecule has 5 amide bonds. The van der Waals surface area contributed by atoms with Crippen molar-refractivity contribution in [3.8, 4) is 22.5 Å². The predicted molar refractivity (Wildman–Crippen MR) is 263 cm³/mol. The van der Waals surface area contributed by atoms with Crippen molar-refractivity contribution in [1.82, 2.24) is 45.0 Å². The number of urea groups is 1. The molecule has 0 saturated carbocycles. The second kappa shape index (κ2) is 23.9. The summed E-state index contributed by atoms with van der Waals surface area (Å²) in [6.07, 6.45) is 5.30. The molecule has 67 heavy (non-hydrogen) atoms. The third kappa shape index (κ3) is 12.3. The first-order valence-electron chi connectivity index (χ1n) is 23.5. The summed E-state index contributed by atoms with van der Waals surface area (Å²) in [5, 5.41) is 8.31. The highest BCUT2D eigenvalue weighted by molar-refractivity contribution is 7.10. The summed E-state index contributed by atoms with van der Waals surface area (Å²) in [5.41, 5.74) is 9.37. The number of fused-ring (bicyclic) bond motifs is 1. The molecular formula is C50H71N9O7S. The lowest BCUT2D eigenvalue weighted by molar-refractivity contribution is -0.141. The predicted octanol–water partition coefficient (Wildman–Crippen LogP) is 6.88. The van der Waals surface area contributed by atoms with Gasteiger partial charge >= 0.3 is 6.03 Å². The number of hydrogen-bond donors (Lipinski definition) is 2. The Hall–Kier alpha value is -5.65. The van der Waals surface area contributed by atoms with Crippen LogP contribution in [0.5, 0.6) is 0 Å². The number of aryl methyl sites for hydroxylation is 1. The smallest absolute Gasteiger partial charge is 0.320 e. The van der Waals surface area contributed by atoms with E-state index in [1.165, 1.54) is 22.3 Å². The molecule has 3 atom stereocenters. The van der Waals surface area contributed by atoms with Gasteiger partial charge in [0.05, 0.1) is 34.8 Å².